The fourth-order valence-electron chi connectivity index (χ4n) is 1.31. The Balaban J connectivity index is 2.40. The molecule has 1 N–H and O–H groups in total. The summed E-state index contributed by atoms with van der Waals surface area (Å²) in [6, 6.07) is 8.63. The van der Waals surface area contributed by atoms with Crippen LogP contribution in [-0.4, -0.2) is 12.8 Å². The molecule has 0 amide bonds. The molecular weight excluding hydrogens is 202 g/mol. The van der Waals surface area contributed by atoms with E-state index in [0.29, 0.717) is 0 Å². The summed E-state index contributed by atoms with van der Waals surface area (Å²) in [5.74, 6) is 3.77. The van der Waals surface area contributed by atoms with Gasteiger partial charge in [0.25, 0.3) is 0 Å². The van der Waals surface area contributed by atoms with Crippen molar-refractivity contribution in [3.05, 3.63) is 29.8 Å². The second-order valence-electron chi connectivity index (χ2n) is 3.33. The lowest BCUT2D eigenvalue weighted by Crippen LogP contribution is -2.04. The van der Waals surface area contributed by atoms with Gasteiger partial charge in [-0.3, -0.25) is 0 Å². The van der Waals surface area contributed by atoms with Gasteiger partial charge in [-0.05, 0) is 36.9 Å². The summed E-state index contributed by atoms with van der Waals surface area (Å²) in [6.45, 7) is 0.929. The molecular formula is C13H17NS. The predicted molar refractivity (Wildman–Crippen MR) is 68.0 cm³/mol. The largest absolute Gasteiger partial charge is 0.316 e. The minimum Gasteiger partial charge on any atom is -0.316 e. The summed E-state index contributed by atoms with van der Waals surface area (Å²) < 4.78 is 0. The van der Waals surface area contributed by atoms with Crippen molar-refractivity contribution in [2.24, 2.45) is 0 Å². The number of unbranched alkanes of at least 4 members (excludes halogenated alkanes) is 1. The number of benzene rings is 1. The number of hydrogen-bond acceptors (Lipinski definition) is 2. The molecule has 0 fully saturated rings. The van der Waals surface area contributed by atoms with Crippen molar-refractivity contribution in [3.8, 4) is 12.3 Å². The van der Waals surface area contributed by atoms with E-state index in [2.05, 4.69) is 35.5 Å². The third-order valence-corrected chi connectivity index (χ3v) is 3.09. The van der Waals surface area contributed by atoms with Crippen LogP contribution in [0.1, 0.15) is 18.4 Å². The number of rotatable bonds is 6. The van der Waals surface area contributed by atoms with Crippen LogP contribution in [0.3, 0.4) is 0 Å². The van der Waals surface area contributed by atoms with E-state index >= 15 is 0 Å². The van der Waals surface area contributed by atoms with Crippen molar-refractivity contribution in [1.82, 2.24) is 5.32 Å². The van der Waals surface area contributed by atoms with E-state index in [0.717, 1.165) is 25.1 Å². The second kappa shape index (κ2) is 7.39. The Morgan fingerprint density at radius 2 is 2.33 bits per heavy atom. The van der Waals surface area contributed by atoms with Crippen molar-refractivity contribution in [3.63, 3.8) is 0 Å². The fourth-order valence-corrected chi connectivity index (χ4v) is 2.25. The molecule has 80 valence electrons. The highest BCUT2D eigenvalue weighted by Gasteiger charge is 1.95. The number of terminal acetylenes is 1. The van der Waals surface area contributed by atoms with Gasteiger partial charge in [0.2, 0.25) is 0 Å². The van der Waals surface area contributed by atoms with E-state index in [-0.39, 0.29) is 0 Å². The molecule has 0 saturated heterocycles. The predicted octanol–water partition coefficient (Wildman–Crippen LogP) is 2.91. The molecule has 0 unspecified atom stereocenters. The van der Waals surface area contributed by atoms with E-state index in [9.17, 15) is 0 Å². The molecule has 1 aromatic rings. The van der Waals surface area contributed by atoms with Gasteiger partial charge < -0.3 is 5.32 Å². The third kappa shape index (κ3) is 4.92. The highest BCUT2D eigenvalue weighted by Crippen LogP contribution is 2.20. The van der Waals surface area contributed by atoms with Crippen molar-refractivity contribution in [1.29, 1.82) is 0 Å². The Morgan fingerprint density at radius 1 is 1.47 bits per heavy atom. The maximum Gasteiger partial charge on any atom is 0.0202 e. The summed E-state index contributed by atoms with van der Waals surface area (Å²) in [7, 11) is 1.97. The first-order chi connectivity index (χ1) is 7.36. The van der Waals surface area contributed by atoms with Crippen molar-refractivity contribution in [2.75, 3.05) is 12.8 Å². The molecule has 0 radical (unpaired) electrons. The summed E-state index contributed by atoms with van der Waals surface area (Å²) in [5, 5.41) is 3.15. The molecule has 0 aromatic heterocycles. The SMILES string of the molecule is C#CCCCSc1cccc(CNC)c1. The molecule has 0 aliphatic heterocycles. The molecule has 15 heavy (non-hydrogen) atoms. The monoisotopic (exact) mass is 219 g/mol. The van der Waals surface area contributed by atoms with Crippen molar-refractivity contribution < 1.29 is 0 Å². The van der Waals surface area contributed by atoms with Crippen LogP contribution in [0.2, 0.25) is 0 Å². The highest BCUT2D eigenvalue weighted by molar-refractivity contribution is 7.99. The lowest BCUT2D eigenvalue weighted by Gasteiger charge is -2.04. The topological polar surface area (TPSA) is 12.0 Å². The molecule has 0 aliphatic carbocycles. The highest BCUT2D eigenvalue weighted by atomic mass is 32.2. The Bertz CT molecular complexity index is 328. The van der Waals surface area contributed by atoms with Crippen LogP contribution in [0.15, 0.2) is 29.2 Å². The van der Waals surface area contributed by atoms with E-state index in [1.165, 1.54) is 10.5 Å². The smallest absolute Gasteiger partial charge is 0.0202 e. The first kappa shape index (κ1) is 12.2. The maximum absolute atomic E-state index is 5.20. The standard InChI is InChI=1S/C13H17NS/c1-3-4-5-9-15-13-8-6-7-12(10-13)11-14-2/h1,6-8,10,14H,4-5,9,11H2,2H3. The summed E-state index contributed by atoms with van der Waals surface area (Å²) >= 11 is 1.88. The van der Waals surface area contributed by atoms with Gasteiger partial charge in [-0.2, -0.15) is 0 Å². The molecule has 0 spiro atoms. The zero-order valence-electron chi connectivity index (χ0n) is 9.12. The number of nitrogens with one attached hydrogen (secondary N) is 1. The third-order valence-electron chi connectivity index (χ3n) is 2.01. The van der Waals surface area contributed by atoms with Crippen LogP contribution < -0.4 is 5.32 Å². The average molecular weight is 219 g/mol. The quantitative estimate of drug-likeness (QED) is 0.448. The van der Waals surface area contributed by atoms with E-state index in [1.807, 2.05) is 18.8 Å². The van der Waals surface area contributed by atoms with Crippen LogP contribution in [0.25, 0.3) is 0 Å². The Morgan fingerprint density at radius 3 is 3.07 bits per heavy atom. The van der Waals surface area contributed by atoms with Gasteiger partial charge in [0.05, 0.1) is 0 Å². The van der Waals surface area contributed by atoms with Crippen molar-refractivity contribution in [2.45, 2.75) is 24.3 Å². The first-order valence-electron chi connectivity index (χ1n) is 5.16. The molecule has 0 saturated carbocycles. The molecule has 0 bridgehead atoms. The maximum atomic E-state index is 5.20. The molecule has 1 nitrogen and oxygen atoms in total. The van der Waals surface area contributed by atoms with E-state index < -0.39 is 0 Å². The number of hydrogen-bond donors (Lipinski definition) is 1. The molecule has 0 atom stereocenters. The van der Waals surface area contributed by atoms with Crippen LogP contribution in [-0.2, 0) is 6.54 Å². The van der Waals surface area contributed by atoms with Crippen molar-refractivity contribution >= 4 is 11.8 Å². The van der Waals surface area contributed by atoms with Gasteiger partial charge in [0.15, 0.2) is 0 Å². The van der Waals surface area contributed by atoms with Crippen LogP contribution >= 0.6 is 11.8 Å². The normalized spacial score (nSPS) is 9.87. The minimum atomic E-state index is 0.878. The lowest BCUT2D eigenvalue weighted by molar-refractivity contribution is 0.815. The Labute approximate surface area is 96.7 Å². The van der Waals surface area contributed by atoms with Gasteiger partial charge in [-0.25, -0.2) is 0 Å². The number of thioether (sulfide) groups is 1. The minimum absolute atomic E-state index is 0.878. The first-order valence-corrected chi connectivity index (χ1v) is 6.15. The lowest BCUT2D eigenvalue weighted by atomic mass is 10.2. The van der Waals surface area contributed by atoms with E-state index in [4.69, 9.17) is 6.42 Å². The van der Waals surface area contributed by atoms with E-state index in [1.54, 1.807) is 0 Å². The Hall–Kier alpha value is -0.910. The molecule has 0 heterocycles. The molecule has 2 heteroatoms. The zero-order chi connectivity index (χ0) is 10.9. The van der Waals surface area contributed by atoms with Gasteiger partial charge in [0.1, 0.15) is 0 Å². The summed E-state index contributed by atoms with van der Waals surface area (Å²) in [6.07, 6.45) is 7.18. The summed E-state index contributed by atoms with van der Waals surface area (Å²) in [4.78, 5) is 1.33. The molecule has 0 aliphatic rings. The van der Waals surface area contributed by atoms with Crippen LogP contribution in [0, 0.1) is 12.3 Å². The summed E-state index contributed by atoms with van der Waals surface area (Å²) in [5.41, 5.74) is 1.33. The van der Waals surface area contributed by atoms with Gasteiger partial charge >= 0.3 is 0 Å². The van der Waals surface area contributed by atoms with Crippen LogP contribution in [0.4, 0.5) is 0 Å². The van der Waals surface area contributed by atoms with Gasteiger partial charge in [-0.1, -0.05) is 12.1 Å². The van der Waals surface area contributed by atoms with Gasteiger partial charge in [0, 0.05) is 17.9 Å². The van der Waals surface area contributed by atoms with Gasteiger partial charge in [-0.15, -0.1) is 24.1 Å². The van der Waals surface area contributed by atoms with Crippen LogP contribution in [0.5, 0.6) is 0 Å². The molecule has 1 rings (SSSR count). The second-order valence-corrected chi connectivity index (χ2v) is 4.50. The Kier molecular flexibility index (Phi) is 5.99. The molecule has 1 aromatic carbocycles. The zero-order valence-corrected chi connectivity index (χ0v) is 9.94. The average Bonchev–Trinajstić information content (AvgIpc) is 2.26. The fraction of sp³-hybridized carbons (Fsp3) is 0.385.